The highest BCUT2D eigenvalue weighted by molar-refractivity contribution is 5.90. The number of aromatic nitrogens is 2. The molecule has 120 valence electrons. The van der Waals surface area contributed by atoms with Crippen molar-refractivity contribution in [1.29, 1.82) is 0 Å². The average Bonchev–Trinajstić information content (AvgIpc) is 2.46. The van der Waals surface area contributed by atoms with Crippen LogP contribution in [0.3, 0.4) is 0 Å². The quantitative estimate of drug-likeness (QED) is 0.914. The monoisotopic (exact) mass is 304 g/mol. The molecule has 0 aliphatic carbocycles. The molecule has 0 saturated carbocycles. The van der Waals surface area contributed by atoms with Gasteiger partial charge in [-0.1, -0.05) is 20.8 Å². The molecule has 1 saturated heterocycles. The largest absolute Gasteiger partial charge is 0.364 e. The second-order valence-corrected chi connectivity index (χ2v) is 6.97. The molecular weight excluding hydrogens is 280 g/mol. The van der Waals surface area contributed by atoms with E-state index in [0.29, 0.717) is 5.92 Å². The van der Waals surface area contributed by atoms with Crippen molar-refractivity contribution < 1.29 is 9.59 Å². The lowest BCUT2D eigenvalue weighted by molar-refractivity contribution is -0.141. The summed E-state index contributed by atoms with van der Waals surface area (Å²) in [5.41, 5.74) is 5.94. The highest BCUT2D eigenvalue weighted by Gasteiger charge is 2.31. The number of hydrogen-bond donors (Lipinski definition) is 1. The van der Waals surface area contributed by atoms with Gasteiger partial charge < -0.3 is 10.6 Å². The van der Waals surface area contributed by atoms with Gasteiger partial charge in [-0.25, -0.2) is 9.97 Å². The lowest BCUT2D eigenvalue weighted by Gasteiger charge is -2.36. The molecule has 2 rings (SSSR count). The van der Waals surface area contributed by atoms with Crippen molar-refractivity contribution in [3.8, 4) is 0 Å². The van der Waals surface area contributed by atoms with Crippen molar-refractivity contribution in [2.24, 2.45) is 17.1 Å². The van der Waals surface area contributed by atoms with Crippen LogP contribution in [0, 0.1) is 11.3 Å². The maximum Gasteiger partial charge on any atom is 0.267 e. The van der Waals surface area contributed by atoms with Gasteiger partial charge in [0.2, 0.25) is 5.91 Å². The Morgan fingerprint density at radius 1 is 1.36 bits per heavy atom. The standard InChI is InChI=1S/C16H24N4O2/c1-16(2,3)15(22)20-6-4-5-11(9-20)7-12-8-13(14(17)21)19-10-18-12/h8,10-11H,4-7,9H2,1-3H3,(H2,17,21). The molecule has 2 heterocycles. The second kappa shape index (κ2) is 6.42. The molecular formula is C16H24N4O2. The molecule has 0 aromatic carbocycles. The number of hydrogen-bond acceptors (Lipinski definition) is 4. The Morgan fingerprint density at radius 3 is 2.73 bits per heavy atom. The first kappa shape index (κ1) is 16.4. The molecule has 1 aromatic rings. The minimum absolute atomic E-state index is 0.192. The van der Waals surface area contributed by atoms with Crippen molar-refractivity contribution in [3.05, 3.63) is 23.8 Å². The molecule has 6 nitrogen and oxygen atoms in total. The predicted molar refractivity (Wildman–Crippen MR) is 83.0 cm³/mol. The van der Waals surface area contributed by atoms with Crippen LogP contribution in [0.15, 0.2) is 12.4 Å². The first-order valence-corrected chi connectivity index (χ1v) is 7.67. The van der Waals surface area contributed by atoms with Crippen molar-refractivity contribution in [1.82, 2.24) is 14.9 Å². The Kier molecular flexibility index (Phi) is 4.78. The minimum atomic E-state index is -0.545. The van der Waals surface area contributed by atoms with Crippen LogP contribution < -0.4 is 5.73 Å². The molecule has 1 atom stereocenters. The molecule has 1 fully saturated rings. The number of nitrogens with zero attached hydrogens (tertiary/aromatic N) is 3. The third-order valence-corrected chi connectivity index (χ3v) is 3.92. The van der Waals surface area contributed by atoms with Crippen LogP contribution in [-0.4, -0.2) is 39.8 Å². The lowest BCUT2D eigenvalue weighted by atomic mass is 9.89. The van der Waals surface area contributed by atoms with Crippen LogP contribution in [0.5, 0.6) is 0 Å². The summed E-state index contributed by atoms with van der Waals surface area (Å²) in [4.78, 5) is 33.6. The predicted octanol–water partition coefficient (Wildman–Crippen LogP) is 1.40. The fourth-order valence-corrected chi connectivity index (χ4v) is 2.83. The summed E-state index contributed by atoms with van der Waals surface area (Å²) in [5, 5.41) is 0. The van der Waals surface area contributed by atoms with Crippen LogP contribution >= 0.6 is 0 Å². The van der Waals surface area contributed by atoms with Gasteiger partial charge in [-0.3, -0.25) is 9.59 Å². The Bertz CT molecular complexity index is 566. The van der Waals surface area contributed by atoms with Gasteiger partial charge >= 0.3 is 0 Å². The molecule has 0 bridgehead atoms. The van der Waals surface area contributed by atoms with Crippen LogP contribution in [0.4, 0.5) is 0 Å². The Hall–Kier alpha value is -1.98. The van der Waals surface area contributed by atoms with E-state index in [-0.39, 0.29) is 17.0 Å². The summed E-state index contributed by atoms with van der Waals surface area (Å²) in [6, 6.07) is 1.65. The summed E-state index contributed by atoms with van der Waals surface area (Å²) < 4.78 is 0. The van der Waals surface area contributed by atoms with Crippen LogP contribution in [-0.2, 0) is 11.2 Å². The molecule has 0 radical (unpaired) electrons. The first-order valence-electron chi connectivity index (χ1n) is 7.67. The molecule has 1 aliphatic heterocycles. The van der Waals surface area contributed by atoms with E-state index in [2.05, 4.69) is 9.97 Å². The van der Waals surface area contributed by atoms with Crippen molar-refractivity contribution in [2.45, 2.75) is 40.0 Å². The van der Waals surface area contributed by atoms with Gasteiger partial charge in [0, 0.05) is 24.2 Å². The van der Waals surface area contributed by atoms with E-state index < -0.39 is 5.91 Å². The van der Waals surface area contributed by atoms with Gasteiger partial charge in [0.25, 0.3) is 5.91 Å². The van der Waals surface area contributed by atoms with Crippen molar-refractivity contribution in [2.75, 3.05) is 13.1 Å². The summed E-state index contributed by atoms with van der Waals surface area (Å²) >= 11 is 0. The van der Waals surface area contributed by atoms with Gasteiger partial charge in [-0.15, -0.1) is 0 Å². The fraction of sp³-hybridized carbons (Fsp3) is 0.625. The van der Waals surface area contributed by atoms with Gasteiger partial charge in [-0.2, -0.15) is 0 Å². The van der Waals surface area contributed by atoms with E-state index in [1.54, 1.807) is 6.07 Å². The van der Waals surface area contributed by atoms with E-state index in [9.17, 15) is 9.59 Å². The molecule has 22 heavy (non-hydrogen) atoms. The molecule has 2 N–H and O–H groups in total. The Balaban J connectivity index is 2.03. The minimum Gasteiger partial charge on any atom is -0.364 e. The van der Waals surface area contributed by atoms with Crippen molar-refractivity contribution in [3.63, 3.8) is 0 Å². The highest BCUT2D eigenvalue weighted by Crippen LogP contribution is 2.25. The number of piperidine rings is 1. The molecule has 1 aromatic heterocycles. The van der Waals surface area contributed by atoms with E-state index in [4.69, 9.17) is 5.73 Å². The summed E-state index contributed by atoms with van der Waals surface area (Å²) in [5.74, 6) is 0.00483. The zero-order valence-electron chi connectivity index (χ0n) is 13.5. The average molecular weight is 304 g/mol. The molecule has 2 amide bonds. The summed E-state index contributed by atoms with van der Waals surface area (Å²) in [6.45, 7) is 7.41. The van der Waals surface area contributed by atoms with E-state index in [0.717, 1.165) is 38.0 Å². The highest BCUT2D eigenvalue weighted by atomic mass is 16.2. The van der Waals surface area contributed by atoms with Gasteiger partial charge in [0.05, 0.1) is 0 Å². The topological polar surface area (TPSA) is 89.2 Å². The number of carbonyl (C=O) groups is 2. The number of nitrogens with two attached hydrogens (primary N) is 1. The van der Waals surface area contributed by atoms with E-state index in [1.807, 2.05) is 25.7 Å². The molecule has 1 aliphatic rings. The number of primary amides is 1. The van der Waals surface area contributed by atoms with Crippen LogP contribution in [0.2, 0.25) is 0 Å². The SMILES string of the molecule is CC(C)(C)C(=O)N1CCCC(Cc2cc(C(N)=O)ncn2)C1. The van der Waals surface area contributed by atoms with Crippen LogP contribution in [0.1, 0.15) is 49.8 Å². The number of likely N-dealkylation sites (tertiary alicyclic amines) is 1. The summed E-state index contributed by atoms with van der Waals surface area (Å²) in [7, 11) is 0. The first-order chi connectivity index (χ1) is 10.3. The number of amides is 2. The zero-order valence-corrected chi connectivity index (χ0v) is 13.5. The number of rotatable bonds is 3. The number of carbonyl (C=O) groups excluding carboxylic acids is 2. The van der Waals surface area contributed by atoms with E-state index in [1.165, 1.54) is 6.33 Å². The molecule has 1 unspecified atom stereocenters. The lowest BCUT2D eigenvalue weighted by Crippen LogP contribution is -2.45. The second-order valence-electron chi connectivity index (χ2n) is 6.97. The smallest absolute Gasteiger partial charge is 0.267 e. The maximum absolute atomic E-state index is 12.4. The van der Waals surface area contributed by atoms with Gasteiger partial charge in [0.15, 0.2) is 0 Å². The molecule has 0 spiro atoms. The van der Waals surface area contributed by atoms with Crippen molar-refractivity contribution >= 4 is 11.8 Å². The van der Waals surface area contributed by atoms with E-state index >= 15 is 0 Å². The Morgan fingerprint density at radius 2 is 2.09 bits per heavy atom. The molecule has 6 heteroatoms. The van der Waals surface area contributed by atoms with Crippen LogP contribution in [0.25, 0.3) is 0 Å². The zero-order chi connectivity index (χ0) is 16.3. The third kappa shape index (κ3) is 4.02. The maximum atomic E-state index is 12.4. The third-order valence-electron chi connectivity index (χ3n) is 3.92. The summed E-state index contributed by atoms with van der Waals surface area (Å²) in [6.07, 6.45) is 4.16. The Labute approximate surface area is 131 Å². The van der Waals surface area contributed by atoms with Gasteiger partial charge in [-0.05, 0) is 31.2 Å². The fourth-order valence-electron chi connectivity index (χ4n) is 2.83. The normalized spacial score (nSPS) is 19.0. The van der Waals surface area contributed by atoms with Gasteiger partial charge in [0.1, 0.15) is 12.0 Å².